The van der Waals surface area contributed by atoms with Crippen molar-refractivity contribution in [2.24, 2.45) is 0 Å². The highest BCUT2D eigenvalue weighted by Crippen LogP contribution is 2.07. The van der Waals surface area contributed by atoms with Crippen LogP contribution in [-0.2, 0) is 14.3 Å². The standard InChI is InChI=1S/C17H32N2O5/c1-16(2,3)23-14(21)18-11-7-9-13(20)10-8-12-19-15(22)24-17(4,5)6/h7-12H2,1-6H3,(H,18,21)(H,19,22). The number of rotatable bonds is 8. The first kappa shape index (κ1) is 22.2. The third-order valence-corrected chi connectivity index (χ3v) is 2.60. The average molecular weight is 344 g/mol. The molecule has 24 heavy (non-hydrogen) atoms. The lowest BCUT2D eigenvalue weighted by Gasteiger charge is -2.19. The van der Waals surface area contributed by atoms with Crippen LogP contribution in [0.15, 0.2) is 0 Å². The van der Waals surface area contributed by atoms with Gasteiger partial charge in [-0.05, 0) is 54.4 Å². The minimum Gasteiger partial charge on any atom is -0.444 e. The normalized spacial score (nSPS) is 11.6. The van der Waals surface area contributed by atoms with Crippen molar-refractivity contribution in [3.8, 4) is 0 Å². The number of ether oxygens (including phenoxy) is 2. The minimum absolute atomic E-state index is 0.104. The maximum atomic E-state index is 11.7. The molecule has 2 N–H and O–H groups in total. The van der Waals surface area contributed by atoms with E-state index in [0.717, 1.165) is 0 Å². The molecule has 0 aromatic carbocycles. The van der Waals surface area contributed by atoms with Crippen molar-refractivity contribution < 1.29 is 23.9 Å². The van der Waals surface area contributed by atoms with Gasteiger partial charge in [-0.2, -0.15) is 0 Å². The fourth-order valence-corrected chi connectivity index (χ4v) is 1.71. The van der Waals surface area contributed by atoms with E-state index in [-0.39, 0.29) is 5.78 Å². The quantitative estimate of drug-likeness (QED) is 0.660. The molecule has 0 aliphatic rings. The van der Waals surface area contributed by atoms with E-state index in [2.05, 4.69) is 10.6 Å². The van der Waals surface area contributed by atoms with Gasteiger partial charge < -0.3 is 20.1 Å². The van der Waals surface area contributed by atoms with Gasteiger partial charge in [0.15, 0.2) is 0 Å². The molecule has 0 aliphatic carbocycles. The Morgan fingerprint density at radius 1 is 0.708 bits per heavy atom. The number of hydrogen-bond acceptors (Lipinski definition) is 5. The fourth-order valence-electron chi connectivity index (χ4n) is 1.71. The second-order valence-corrected chi connectivity index (χ2v) is 7.60. The molecule has 140 valence electrons. The summed E-state index contributed by atoms with van der Waals surface area (Å²) in [6.45, 7) is 11.6. The third-order valence-electron chi connectivity index (χ3n) is 2.60. The zero-order valence-electron chi connectivity index (χ0n) is 15.8. The number of Topliss-reactive ketones (excluding diaryl/α,β-unsaturated/α-hetero) is 1. The van der Waals surface area contributed by atoms with Crippen molar-refractivity contribution in [2.45, 2.75) is 78.4 Å². The van der Waals surface area contributed by atoms with Gasteiger partial charge in [-0.15, -0.1) is 0 Å². The summed E-state index contributed by atoms with van der Waals surface area (Å²) in [4.78, 5) is 34.5. The lowest BCUT2D eigenvalue weighted by Crippen LogP contribution is -2.33. The van der Waals surface area contributed by atoms with Crippen molar-refractivity contribution in [3.63, 3.8) is 0 Å². The molecular weight excluding hydrogens is 312 g/mol. The molecule has 0 atom stereocenters. The van der Waals surface area contributed by atoms with Crippen molar-refractivity contribution >= 4 is 18.0 Å². The Kier molecular flexibility index (Phi) is 9.40. The Labute approximate surface area is 144 Å². The molecule has 0 spiro atoms. The molecule has 0 heterocycles. The highest BCUT2D eigenvalue weighted by Gasteiger charge is 2.16. The van der Waals surface area contributed by atoms with E-state index in [1.54, 1.807) is 41.5 Å². The summed E-state index contributed by atoms with van der Waals surface area (Å²) < 4.78 is 10.2. The maximum absolute atomic E-state index is 11.7. The molecule has 0 unspecified atom stereocenters. The van der Waals surface area contributed by atoms with Crippen LogP contribution in [0.1, 0.15) is 67.2 Å². The number of carbonyl (C=O) groups is 3. The molecule has 0 bridgehead atoms. The van der Waals surface area contributed by atoms with Gasteiger partial charge in [0.05, 0.1) is 0 Å². The maximum Gasteiger partial charge on any atom is 0.407 e. The Hall–Kier alpha value is -1.79. The van der Waals surface area contributed by atoms with Crippen LogP contribution >= 0.6 is 0 Å². The summed E-state index contributed by atoms with van der Waals surface area (Å²) in [5.41, 5.74) is -1.05. The van der Waals surface area contributed by atoms with Crippen molar-refractivity contribution in [3.05, 3.63) is 0 Å². The summed E-state index contributed by atoms with van der Waals surface area (Å²) in [7, 11) is 0. The van der Waals surface area contributed by atoms with Gasteiger partial charge in [0.25, 0.3) is 0 Å². The summed E-state index contributed by atoms with van der Waals surface area (Å²) in [5, 5.41) is 5.22. The number of ketones is 1. The Morgan fingerprint density at radius 3 is 1.33 bits per heavy atom. The van der Waals surface area contributed by atoms with E-state index in [9.17, 15) is 14.4 Å². The van der Waals surface area contributed by atoms with Crippen molar-refractivity contribution in [1.82, 2.24) is 10.6 Å². The van der Waals surface area contributed by atoms with Crippen LogP contribution in [0.3, 0.4) is 0 Å². The molecule has 7 heteroatoms. The van der Waals surface area contributed by atoms with Crippen molar-refractivity contribution in [2.75, 3.05) is 13.1 Å². The first-order chi connectivity index (χ1) is 10.9. The largest absolute Gasteiger partial charge is 0.444 e. The van der Waals surface area contributed by atoms with Gasteiger partial charge in [-0.25, -0.2) is 9.59 Å². The van der Waals surface area contributed by atoms with Crippen LogP contribution in [0.2, 0.25) is 0 Å². The van der Waals surface area contributed by atoms with Crippen LogP contribution in [0, 0.1) is 0 Å². The Morgan fingerprint density at radius 2 is 1.04 bits per heavy atom. The highest BCUT2D eigenvalue weighted by atomic mass is 16.6. The number of amides is 2. The van der Waals surface area contributed by atoms with Crippen LogP contribution in [0.4, 0.5) is 9.59 Å². The van der Waals surface area contributed by atoms with E-state index in [1.165, 1.54) is 0 Å². The second-order valence-electron chi connectivity index (χ2n) is 7.60. The smallest absolute Gasteiger partial charge is 0.407 e. The molecule has 0 radical (unpaired) electrons. The molecule has 0 fully saturated rings. The average Bonchev–Trinajstić information content (AvgIpc) is 2.35. The zero-order chi connectivity index (χ0) is 18.8. The number of alkyl carbamates (subject to hydrolysis) is 2. The molecule has 0 saturated carbocycles. The summed E-state index contributed by atoms with van der Waals surface area (Å²) >= 11 is 0. The molecule has 0 aromatic heterocycles. The lowest BCUT2D eigenvalue weighted by atomic mass is 10.1. The predicted octanol–water partition coefficient (Wildman–Crippen LogP) is 3.17. The fraction of sp³-hybridized carbons (Fsp3) is 0.824. The molecule has 2 amide bonds. The predicted molar refractivity (Wildman–Crippen MR) is 91.9 cm³/mol. The first-order valence-corrected chi connectivity index (χ1v) is 8.34. The highest BCUT2D eigenvalue weighted by molar-refractivity contribution is 5.78. The van der Waals surface area contributed by atoms with Gasteiger partial charge in [-0.3, -0.25) is 4.79 Å². The molecule has 0 rings (SSSR count). The Balaban J connectivity index is 3.64. The Bertz CT molecular complexity index is 384. The van der Waals surface area contributed by atoms with Gasteiger partial charge >= 0.3 is 12.2 Å². The van der Waals surface area contributed by atoms with E-state index < -0.39 is 23.4 Å². The summed E-state index contributed by atoms with van der Waals surface area (Å²) in [6.07, 6.45) is 0.965. The monoisotopic (exact) mass is 344 g/mol. The molecule has 7 nitrogen and oxygen atoms in total. The third kappa shape index (κ3) is 15.1. The van der Waals surface area contributed by atoms with Gasteiger partial charge in [0.2, 0.25) is 0 Å². The summed E-state index contributed by atoms with van der Waals surface area (Å²) in [6, 6.07) is 0. The lowest BCUT2D eigenvalue weighted by molar-refractivity contribution is -0.119. The van der Waals surface area contributed by atoms with Crippen molar-refractivity contribution in [1.29, 1.82) is 0 Å². The first-order valence-electron chi connectivity index (χ1n) is 8.34. The van der Waals surface area contributed by atoms with Gasteiger partial charge in [0.1, 0.15) is 17.0 Å². The van der Waals surface area contributed by atoms with E-state index in [0.29, 0.717) is 38.8 Å². The number of hydrogen-bond donors (Lipinski definition) is 2. The topological polar surface area (TPSA) is 93.7 Å². The van der Waals surface area contributed by atoms with Crippen LogP contribution in [-0.4, -0.2) is 42.3 Å². The van der Waals surface area contributed by atoms with Crippen LogP contribution in [0.25, 0.3) is 0 Å². The van der Waals surface area contributed by atoms with E-state index in [4.69, 9.17) is 9.47 Å². The summed E-state index contributed by atoms with van der Waals surface area (Å²) in [5.74, 6) is 0.104. The SMILES string of the molecule is CC(C)(C)OC(=O)NCCCC(=O)CCCNC(=O)OC(C)(C)C. The molecule has 0 aromatic rings. The molecule has 0 aliphatic heterocycles. The van der Waals surface area contributed by atoms with E-state index >= 15 is 0 Å². The number of nitrogens with one attached hydrogen (secondary N) is 2. The second kappa shape index (κ2) is 10.2. The van der Waals surface area contributed by atoms with Crippen LogP contribution < -0.4 is 10.6 Å². The minimum atomic E-state index is -0.527. The van der Waals surface area contributed by atoms with Gasteiger partial charge in [0, 0.05) is 25.9 Å². The van der Waals surface area contributed by atoms with Gasteiger partial charge in [-0.1, -0.05) is 0 Å². The van der Waals surface area contributed by atoms with E-state index in [1.807, 2.05) is 0 Å². The zero-order valence-corrected chi connectivity index (χ0v) is 15.8. The van der Waals surface area contributed by atoms with Crippen LogP contribution in [0.5, 0.6) is 0 Å². The molecular formula is C17H32N2O5. The molecule has 0 saturated heterocycles. The number of carbonyl (C=O) groups excluding carboxylic acids is 3.